The first-order valence-electron chi connectivity index (χ1n) is 8.22. The minimum Gasteiger partial charge on any atom is -0.480 e. The molecule has 2 heterocycles. The number of ether oxygens (including phenoxy) is 1. The van der Waals surface area contributed by atoms with Gasteiger partial charge in [-0.1, -0.05) is 0 Å². The highest BCUT2D eigenvalue weighted by Gasteiger charge is 2.45. The smallest absolute Gasteiger partial charge is 0.411 e. The van der Waals surface area contributed by atoms with E-state index in [1.165, 1.54) is 4.90 Å². The molecule has 0 bridgehead atoms. The van der Waals surface area contributed by atoms with Crippen molar-refractivity contribution in [2.24, 2.45) is 5.92 Å². The van der Waals surface area contributed by atoms with E-state index in [-0.39, 0.29) is 5.91 Å². The van der Waals surface area contributed by atoms with E-state index in [1.807, 2.05) is 0 Å². The summed E-state index contributed by atoms with van der Waals surface area (Å²) >= 11 is 0. The SMILES string of the molecule is CC(C)(C)OC(=O)N1CCC[C@@H](C(=O)N2CCCC2)[C@H]1C(=O)O. The zero-order valence-electron chi connectivity index (χ0n) is 14.1. The second kappa shape index (κ2) is 6.76. The Bertz CT molecular complexity index is 479. The standard InChI is InChI=1S/C16H26N2O5/c1-16(2,3)23-15(22)18-10-6-7-11(12(18)14(20)21)13(19)17-8-4-5-9-17/h11-12H,4-10H2,1-3H3,(H,20,21)/t11-,12+/m1/s1. The predicted molar refractivity (Wildman–Crippen MR) is 82.9 cm³/mol. The molecule has 7 heteroatoms. The van der Waals surface area contributed by atoms with Crippen molar-refractivity contribution in [1.29, 1.82) is 0 Å². The van der Waals surface area contributed by atoms with Gasteiger partial charge in [0.25, 0.3) is 0 Å². The van der Waals surface area contributed by atoms with Gasteiger partial charge in [-0.2, -0.15) is 0 Å². The van der Waals surface area contributed by atoms with Crippen molar-refractivity contribution in [3.8, 4) is 0 Å². The van der Waals surface area contributed by atoms with Gasteiger partial charge in [0.05, 0.1) is 5.92 Å². The lowest BCUT2D eigenvalue weighted by atomic mass is 9.88. The van der Waals surface area contributed by atoms with Crippen LogP contribution in [-0.4, -0.2) is 64.2 Å². The van der Waals surface area contributed by atoms with Crippen LogP contribution in [0.5, 0.6) is 0 Å². The average molecular weight is 326 g/mol. The number of hydrogen-bond acceptors (Lipinski definition) is 4. The molecule has 0 aromatic carbocycles. The van der Waals surface area contributed by atoms with E-state index in [0.29, 0.717) is 32.5 Å². The van der Waals surface area contributed by atoms with Crippen molar-refractivity contribution in [2.75, 3.05) is 19.6 Å². The van der Waals surface area contributed by atoms with E-state index >= 15 is 0 Å². The maximum Gasteiger partial charge on any atom is 0.411 e. The summed E-state index contributed by atoms with van der Waals surface area (Å²) in [6.07, 6.45) is 2.33. The summed E-state index contributed by atoms with van der Waals surface area (Å²) in [4.78, 5) is 39.7. The molecule has 2 aliphatic heterocycles. The lowest BCUT2D eigenvalue weighted by Crippen LogP contribution is -2.57. The van der Waals surface area contributed by atoms with Crippen LogP contribution in [0.2, 0.25) is 0 Å². The van der Waals surface area contributed by atoms with Gasteiger partial charge in [0.1, 0.15) is 11.6 Å². The van der Waals surface area contributed by atoms with Crippen molar-refractivity contribution in [3.05, 3.63) is 0 Å². The zero-order valence-corrected chi connectivity index (χ0v) is 14.1. The summed E-state index contributed by atoms with van der Waals surface area (Å²) in [5.41, 5.74) is -0.702. The fourth-order valence-electron chi connectivity index (χ4n) is 3.26. The van der Waals surface area contributed by atoms with Crippen LogP contribution >= 0.6 is 0 Å². The Morgan fingerprint density at radius 2 is 1.65 bits per heavy atom. The van der Waals surface area contributed by atoms with E-state index < -0.39 is 29.6 Å². The van der Waals surface area contributed by atoms with Gasteiger partial charge >= 0.3 is 12.1 Å². The molecule has 2 fully saturated rings. The molecule has 0 aliphatic carbocycles. The number of carboxylic acids is 1. The molecule has 0 aromatic heterocycles. The molecule has 2 aliphatic rings. The lowest BCUT2D eigenvalue weighted by Gasteiger charge is -2.39. The van der Waals surface area contributed by atoms with Gasteiger partial charge in [-0.3, -0.25) is 9.69 Å². The van der Waals surface area contributed by atoms with Gasteiger partial charge in [-0.05, 0) is 46.5 Å². The molecular formula is C16H26N2O5. The molecule has 2 atom stereocenters. The summed E-state index contributed by atoms with van der Waals surface area (Å²) in [7, 11) is 0. The molecule has 0 spiro atoms. The number of rotatable bonds is 2. The summed E-state index contributed by atoms with van der Waals surface area (Å²) in [5, 5.41) is 9.60. The van der Waals surface area contributed by atoms with Crippen LogP contribution in [0.4, 0.5) is 4.79 Å². The van der Waals surface area contributed by atoms with Crippen molar-refractivity contribution in [3.63, 3.8) is 0 Å². The van der Waals surface area contributed by atoms with Gasteiger partial charge in [0.2, 0.25) is 5.91 Å². The van der Waals surface area contributed by atoms with E-state index in [4.69, 9.17) is 4.74 Å². The fourth-order valence-corrected chi connectivity index (χ4v) is 3.26. The van der Waals surface area contributed by atoms with Crippen LogP contribution in [0.3, 0.4) is 0 Å². The molecule has 2 saturated heterocycles. The second-order valence-electron chi connectivity index (χ2n) is 7.24. The van der Waals surface area contributed by atoms with Crippen LogP contribution in [0.15, 0.2) is 0 Å². The maximum absolute atomic E-state index is 12.7. The first-order valence-corrected chi connectivity index (χ1v) is 8.22. The number of aliphatic carboxylic acids is 1. The van der Waals surface area contributed by atoms with Crippen LogP contribution in [0.1, 0.15) is 46.5 Å². The topological polar surface area (TPSA) is 87.2 Å². The van der Waals surface area contributed by atoms with Crippen LogP contribution in [0.25, 0.3) is 0 Å². The maximum atomic E-state index is 12.7. The molecule has 0 radical (unpaired) electrons. The monoisotopic (exact) mass is 326 g/mol. The van der Waals surface area contributed by atoms with Gasteiger partial charge in [0.15, 0.2) is 0 Å². The van der Waals surface area contributed by atoms with Crippen LogP contribution in [0, 0.1) is 5.92 Å². The van der Waals surface area contributed by atoms with E-state index in [9.17, 15) is 19.5 Å². The van der Waals surface area contributed by atoms with E-state index in [0.717, 1.165) is 12.8 Å². The Hall–Kier alpha value is -1.79. The number of carboxylic acid groups (broad SMARTS) is 1. The molecule has 1 N–H and O–H groups in total. The predicted octanol–water partition coefficient (Wildman–Crippen LogP) is 1.71. The number of amides is 2. The Labute approximate surface area is 136 Å². The highest BCUT2D eigenvalue weighted by molar-refractivity contribution is 5.89. The molecule has 130 valence electrons. The Morgan fingerprint density at radius 1 is 1.04 bits per heavy atom. The lowest BCUT2D eigenvalue weighted by molar-refractivity contribution is -0.153. The highest BCUT2D eigenvalue weighted by Crippen LogP contribution is 2.28. The third-order valence-electron chi connectivity index (χ3n) is 4.25. The Kier molecular flexibility index (Phi) is 5.16. The third-order valence-corrected chi connectivity index (χ3v) is 4.25. The average Bonchev–Trinajstić information content (AvgIpc) is 2.97. The second-order valence-corrected chi connectivity index (χ2v) is 7.24. The summed E-state index contributed by atoms with van der Waals surface area (Å²) in [5.74, 6) is -1.98. The third kappa shape index (κ3) is 4.14. The fraction of sp³-hybridized carbons (Fsp3) is 0.812. The zero-order chi connectivity index (χ0) is 17.2. The largest absolute Gasteiger partial charge is 0.480 e. The van der Waals surface area contributed by atoms with Gasteiger partial charge < -0.3 is 14.7 Å². The molecule has 7 nitrogen and oxygen atoms in total. The van der Waals surface area contributed by atoms with E-state index in [1.54, 1.807) is 25.7 Å². The molecule has 0 saturated carbocycles. The molecule has 2 rings (SSSR count). The number of hydrogen-bond donors (Lipinski definition) is 1. The molecular weight excluding hydrogens is 300 g/mol. The molecule has 0 aromatic rings. The number of likely N-dealkylation sites (tertiary alicyclic amines) is 2. The number of carbonyl (C=O) groups is 3. The van der Waals surface area contributed by atoms with E-state index in [2.05, 4.69) is 0 Å². The highest BCUT2D eigenvalue weighted by atomic mass is 16.6. The first kappa shape index (κ1) is 17.6. The first-order chi connectivity index (χ1) is 10.7. The summed E-state index contributed by atoms with van der Waals surface area (Å²) in [6, 6.07) is -1.15. The minimum atomic E-state index is -1.15. The molecule has 0 unspecified atom stereocenters. The quantitative estimate of drug-likeness (QED) is 0.834. The summed E-state index contributed by atoms with van der Waals surface area (Å²) < 4.78 is 5.31. The van der Waals surface area contributed by atoms with Crippen molar-refractivity contribution in [1.82, 2.24) is 9.80 Å². The number of nitrogens with zero attached hydrogens (tertiary/aromatic N) is 2. The van der Waals surface area contributed by atoms with Gasteiger partial charge in [0, 0.05) is 19.6 Å². The summed E-state index contributed by atoms with van der Waals surface area (Å²) in [6.45, 7) is 6.85. The van der Waals surface area contributed by atoms with Crippen molar-refractivity contribution in [2.45, 2.75) is 58.1 Å². The molecule has 2 amide bonds. The normalized spacial score (nSPS) is 25.3. The van der Waals surface area contributed by atoms with Crippen LogP contribution < -0.4 is 0 Å². The number of carbonyl (C=O) groups excluding carboxylic acids is 2. The van der Waals surface area contributed by atoms with Gasteiger partial charge in [-0.15, -0.1) is 0 Å². The van der Waals surface area contributed by atoms with Gasteiger partial charge in [-0.25, -0.2) is 9.59 Å². The van der Waals surface area contributed by atoms with Crippen LogP contribution in [-0.2, 0) is 14.3 Å². The van der Waals surface area contributed by atoms with Crippen molar-refractivity contribution < 1.29 is 24.2 Å². The Balaban J connectivity index is 2.17. The minimum absolute atomic E-state index is 0.150. The van der Waals surface area contributed by atoms with Crippen molar-refractivity contribution >= 4 is 18.0 Å². The Morgan fingerprint density at radius 3 is 2.17 bits per heavy atom. The number of piperidine rings is 1. The molecule has 23 heavy (non-hydrogen) atoms.